The van der Waals surface area contributed by atoms with E-state index >= 15 is 0 Å². The number of nitrogens with zero attached hydrogens (tertiary/aromatic N) is 2. The molecule has 2 aromatic carbocycles. The highest BCUT2D eigenvalue weighted by Crippen LogP contribution is 2.41. The maximum atomic E-state index is 13.1. The lowest BCUT2D eigenvalue weighted by Crippen LogP contribution is -2.40. The van der Waals surface area contributed by atoms with Crippen LogP contribution in [0.3, 0.4) is 0 Å². The van der Waals surface area contributed by atoms with Crippen LogP contribution >= 0.6 is 23.2 Å². The molecule has 2 aliphatic rings. The summed E-state index contributed by atoms with van der Waals surface area (Å²) in [6.07, 6.45) is 0.00956. The van der Waals surface area contributed by atoms with Crippen LogP contribution in [-0.4, -0.2) is 37.3 Å². The van der Waals surface area contributed by atoms with Gasteiger partial charge in [0.1, 0.15) is 11.5 Å². The summed E-state index contributed by atoms with van der Waals surface area (Å²) in [5.41, 5.74) is 0.133. The summed E-state index contributed by atoms with van der Waals surface area (Å²) in [5.74, 6) is 0.262. The Morgan fingerprint density at radius 3 is 2.52 bits per heavy atom. The number of oxime groups is 1. The average Bonchev–Trinajstić information content (AvgIpc) is 3.24. The highest BCUT2D eigenvalue weighted by molar-refractivity contribution is 6.42. The first-order valence-electron chi connectivity index (χ1n) is 8.68. The molecule has 150 valence electrons. The van der Waals surface area contributed by atoms with Crippen LogP contribution < -0.4 is 14.4 Å². The van der Waals surface area contributed by atoms with E-state index in [0.717, 1.165) is 4.90 Å². The van der Waals surface area contributed by atoms with Gasteiger partial charge in [-0.05, 0) is 30.3 Å². The van der Waals surface area contributed by atoms with Gasteiger partial charge < -0.3 is 14.3 Å². The predicted octanol–water partition coefficient (Wildman–Crippen LogP) is 3.84. The third-order valence-electron chi connectivity index (χ3n) is 4.94. The number of amides is 2. The maximum Gasteiger partial charge on any atom is 0.281 e. The van der Waals surface area contributed by atoms with Crippen molar-refractivity contribution in [1.29, 1.82) is 0 Å². The number of carbonyl (C=O) groups excluding carboxylic acids is 2. The van der Waals surface area contributed by atoms with E-state index in [0.29, 0.717) is 33.5 Å². The topological polar surface area (TPSA) is 77.4 Å². The monoisotopic (exact) mass is 434 g/mol. The van der Waals surface area contributed by atoms with Crippen molar-refractivity contribution in [2.75, 3.05) is 19.1 Å². The average molecular weight is 435 g/mol. The summed E-state index contributed by atoms with van der Waals surface area (Å²) >= 11 is 12.0. The number of anilines is 1. The lowest BCUT2D eigenvalue weighted by atomic mass is 9.92. The van der Waals surface area contributed by atoms with Gasteiger partial charge in [-0.1, -0.05) is 28.4 Å². The summed E-state index contributed by atoms with van der Waals surface area (Å²) in [6, 6.07) is 9.82. The van der Waals surface area contributed by atoms with Crippen LogP contribution in [0.15, 0.2) is 41.6 Å². The van der Waals surface area contributed by atoms with Crippen LogP contribution in [0.4, 0.5) is 5.69 Å². The summed E-state index contributed by atoms with van der Waals surface area (Å²) in [4.78, 5) is 32.4. The predicted molar refractivity (Wildman–Crippen MR) is 108 cm³/mol. The van der Waals surface area contributed by atoms with Gasteiger partial charge in [0.25, 0.3) is 5.91 Å². The molecule has 4 rings (SSSR count). The number of ether oxygens (including phenoxy) is 2. The minimum atomic E-state index is -1.39. The van der Waals surface area contributed by atoms with E-state index in [2.05, 4.69) is 5.16 Å². The fraction of sp³-hybridized carbons (Fsp3) is 0.250. The molecule has 0 radical (unpaired) electrons. The van der Waals surface area contributed by atoms with E-state index in [4.69, 9.17) is 37.5 Å². The Morgan fingerprint density at radius 1 is 1.03 bits per heavy atom. The Hall–Kier alpha value is -2.77. The molecule has 2 aliphatic heterocycles. The number of benzene rings is 2. The van der Waals surface area contributed by atoms with Gasteiger partial charge in [0.2, 0.25) is 11.5 Å². The first kappa shape index (κ1) is 19.5. The molecule has 2 amide bonds. The minimum absolute atomic E-state index is 0.127. The van der Waals surface area contributed by atoms with Crippen molar-refractivity contribution in [2.45, 2.75) is 18.4 Å². The van der Waals surface area contributed by atoms with Gasteiger partial charge in [0.15, 0.2) is 0 Å². The summed E-state index contributed by atoms with van der Waals surface area (Å²) < 4.78 is 10.6. The zero-order valence-corrected chi connectivity index (χ0v) is 17.1. The maximum absolute atomic E-state index is 13.1. The standard InChI is InChI=1S/C20H16Cl2N2O5/c1-27-12-4-5-13(17(8-12)28-2)16-9-20(29-23-16)10-18(25)24(19(20)26)11-3-6-14(21)15(22)7-11/h3-8H,9-10H2,1-2H3. The molecule has 7 nitrogen and oxygen atoms in total. The van der Waals surface area contributed by atoms with Gasteiger partial charge in [-0.25, -0.2) is 4.90 Å². The minimum Gasteiger partial charge on any atom is -0.497 e. The second kappa shape index (κ2) is 7.24. The molecular weight excluding hydrogens is 419 g/mol. The third kappa shape index (κ3) is 3.20. The van der Waals surface area contributed by atoms with E-state index in [1.54, 1.807) is 31.4 Å². The molecule has 1 saturated heterocycles. The second-order valence-corrected chi connectivity index (χ2v) is 7.49. The van der Waals surface area contributed by atoms with Gasteiger partial charge in [-0.2, -0.15) is 0 Å². The number of methoxy groups -OCH3 is 2. The van der Waals surface area contributed by atoms with Crippen LogP contribution in [0.5, 0.6) is 11.5 Å². The largest absolute Gasteiger partial charge is 0.497 e. The van der Waals surface area contributed by atoms with Crippen LogP contribution in [0.2, 0.25) is 10.0 Å². The van der Waals surface area contributed by atoms with Gasteiger partial charge in [-0.15, -0.1) is 0 Å². The molecule has 0 saturated carbocycles. The fourth-order valence-electron chi connectivity index (χ4n) is 3.47. The summed E-state index contributed by atoms with van der Waals surface area (Å²) in [6.45, 7) is 0. The lowest BCUT2D eigenvalue weighted by molar-refractivity contribution is -0.136. The molecule has 2 heterocycles. The molecular formula is C20H16Cl2N2O5. The first-order chi connectivity index (χ1) is 13.9. The Balaban J connectivity index is 1.62. The molecule has 0 N–H and O–H groups in total. The third-order valence-corrected chi connectivity index (χ3v) is 5.68. The van der Waals surface area contributed by atoms with E-state index in [1.807, 2.05) is 0 Å². The Bertz CT molecular complexity index is 1060. The Kier molecular flexibility index (Phi) is 4.88. The van der Waals surface area contributed by atoms with Crippen molar-refractivity contribution in [3.05, 3.63) is 52.0 Å². The van der Waals surface area contributed by atoms with Crippen LogP contribution in [-0.2, 0) is 14.4 Å². The van der Waals surface area contributed by atoms with Crippen LogP contribution in [0, 0.1) is 0 Å². The quantitative estimate of drug-likeness (QED) is 0.683. The zero-order chi connectivity index (χ0) is 20.8. The van der Waals surface area contributed by atoms with Gasteiger partial charge in [-0.3, -0.25) is 9.59 Å². The Morgan fingerprint density at radius 2 is 1.83 bits per heavy atom. The van der Waals surface area contributed by atoms with Crippen molar-refractivity contribution >= 4 is 46.4 Å². The second-order valence-electron chi connectivity index (χ2n) is 6.68. The van der Waals surface area contributed by atoms with E-state index < -0.39 is 17.4 Å². The van der Waals surface area contributed by atoms with Gasteiger partial charge in [0, 0.05) is 18.1 Å². The van der Waals surface area contributed by atoms with Crippen molar-refractivity contribution in [3.63, 3.8) is 0 Å². The molecule has 9 heteroatoms. The number of rotatable bonds is 4. The number of halogens is 2. The smallest absolute Gasteiger partial charge is 0.281 e. The molecule has 0 aliphatic carbocycles. The fourth-order valence-corrected chi connectivity index (χ4v) is 3.76. The van der Waals surface area contributed by atoms with Gasteiger partial charge in [0.05, 0.1) is 42.1 Å². The van der Waals surface area contributed by atoms with Crippen molar-refractivity contribution in [2.24, 2.45) is 5.16 Å². The number of hydrogen-bond donors (Lipinski definition) is 0. The molecule has 2 aromatic rings. The van der Waals surface area contributed by atoms with E-state index in [1.165, 1.54) is 19.2 Å². The SMILES string of the molecule is COc1ccc(C2=NOC3(CC(=O)N(c4ccc(Cl)c(Cl)c4)C3=O)C2)c(OC)c1. The normalized spacial score (nSPS) is 20.8. The molecule has 1 unspecified atom stereocenters. The molecule has 0 bridgehead atoms. The number of hydrogen-bond acceptors (Lipinski definition) is 6. The highest BCUT2D eigenvalue weighted by Gasteiger charge is 2.58. The number of imide groups is 1. The van der Waals surface area contributed by atoms with Crippen molar-refractivity contribution in [3.8, 4) is 11.5 Å². The van der Waals surface area contributed by atoms with E-state index in [-0.39, 0.29) is 17.9 Å². The summed E-state index contributed by atoms with van der Waals surface area (Å²) in [7, 11) is 3.08. The van der Waals surface area contributed by atoms with Crippen molar-refractivity contribution in [1.82, 2.24) is 0 Å². The number of carbonyl (C=O) groups is 2. The highest BCUT2D eigenvalue weighted by atomic mass is 35.5. The van der Waals surface area contributed by atoms with Gasteiger partial charge >= 0.3 is 0 Å². The van der Waals surface area contributed by atoms with Crippen LogP contribution in [0.25, 0.3) is 0 Å². The van der Waals surface area contributed by atoms with Crippen LogP contribution in [0.1, 0.15) is 18.4 Å². The van der Waals surface area contributed by atoms with E-state index in [9.17, 15) is 9.59 Å². The lowest BCUT2D eigenvalue weighted by Gasteiger charge is -2.19. The summed E-state index contributed by atoms with van der Waals surface area (Å²) in [5, 5.41) is 4.68. The van der Waals surface area contributed by atoms with Crippen molar-refractivity contribution < 1.29 is 23.9 Å². The Labute approximate surface area is 176 Å². The molecule has 29 heavy (non-hydrogen) atoms. The molecule has 1 spiro atoms. The molecule has 0 aromatic heterocycles. The molecule has 1 atom stereocenters. The molecule has 1 fully saturated rings. The zero-order valence-electron chi connectivity index (χ0n) is 15.6. The first-order valence-corrected chi connectivity index (χ1v) is 9.44.